The van der Waals surface area contributed by atoms with Crippen molar-refractivity contribution in [3.8, 4) is 11.1 Å². The van der Waals surface area contributed by atoms with E-state index in [-0.39, 0.29) is 18.3 Å². The van der Waals surface area contributed by atoms with Gasteiger partial charge in [0, 0.05) is 31.2 Å². The first-order valence-corrected chi connectivity index (χ1v) is 10.2. The largest absolute Gasteiger partial charge is 0.386 e. The Morgan fingerprint density at radius 3 is 2.26 bits per heavy atom. The van der Waals surface area contributed by atoms with E-state index in [0.29, 0.717) is 31.9 Å². The number of hydrogen-bond acceptors (Lipinski definition) is 5. The predicted molar refractivity (Wildman–Crippen MR) is 120 cm³/mol. The van der Waals surface area contributed by atoms with Gasteiger partial charge in [0.2, 0.25) is 5.95 Å². The van der Waals surface area contributed by atoms with Crippen molar-refractivity contribution in [1.29, 1.82) is 0 Å². The van der Waals surface area contributed by atoms with Crippen LogP contribution in [0, 0.1) is 0 Å². The topological polar surface area (TPSA) is 116 Å². The monoisotopic (exact) mass is 415 g/mol. The summed E-state index contributed by atoms with van der Waals surface area (Å²) in [5, 5.41) is 0. The number of carbonyl (C=O) groups excluding carboxylic acids is 1. The first-order chi connectivity index (χ1) is 15.1. The van der Waals surface area contributed by atoms with Crippen LogP contribution in [0.15, 0.2) is 72.0 Å². The van der Waals surface area contributed by atoms with Gasteiger partial charge in [-0.25, -0.2) is 9.97 Å². The van der Waals surface area contributed by atoms with Crippen LogP contribution >= 0.6 is 0 Å². The van der Waals surface area contributed by atoms with Crippen molar-refractivity contribution in [3.63, 3.8) is 0 Å². The van der Waals surface area contributed by atoms with Crippen LogP contribution in [0.2, 0.25) is 0 Å². The zero-order valence-corrected chi connectivity index (χ0v) is 17.2. The quantitative estimate of drug-likeness (QED) is 0.489. The van der Waals surface area contributed by atoms with Gasteiger partial charge in [0.1, 0.15) is 5.84 Å². The van der Waals surface area contributed by atoms with Gasteiger partial charge < -0.3 is 16.2 Å². The highest BCUT2D eigenvalue weighted by Crippen LogP contribution is 2.36. The second-order valence-electron chi connectivity index (χ2n) is 7.65. The van der Waals surface area contributed by atoms with Gasteiger partial charge in [-0.1, -0.05) is 54.6 Å². The summed E-state index contributed by atoms with van der Waals surface area (Å²) >= 11 is 0. The summed E-state index contributed by atoms with van der Waals surface area (Å²) < 4.78 is 5.58. The second-order valence-corrected chi connectivity index (χ2v) is 7.65. The zero-order valence-electron chi connectivity index (χ0n) is 17.2. The van der Waals surface area contributed by atoms with E-state index in [0.717, 1.165) is 22.3 Å². The molecule has 2 aromatic carbocycles. The standard InChI is InChI=1S/C24H25N5O2/c25-22(29-21(30)14-17-4-2-1-3-5-17)24(10-12-31-13-11-24)20-8-6-18(7-9-20)19-15-27-23(26)28-16-19/h1-9,15-16H,10-14H2,(H2,25,29,30)(H2,26,27,28). The van der Waals surface area contributed by atoms with Crippen molar-refractivity contribution in [3.05, 3.63) is 78.1 Å². The number of nitrogens with two attached hydrogens (primary N) is 2. The number of benzene rings is 2. The minimum Gasteiger partial charge on any atom is -0.386 e. The molecule has 4 N–H and O–H groups in total. The Kier molecular flexibility index (Phi) is 6.04. The lowest BCUT2D eigenvalue weighted by Gasteiger charge is -2.37. The third kappa shape index (κ3) is 4.62. The Bertz CT molecular complexity index is 1060. The van der Waals surface area contributed by atoms with Gasteiger partial charge in [0.25, 0.3) is 5.91 Å². The van der Waals surface area contributed by atoms with Gasteiger partial charge in [-0.3, -0.25) is 4.79 Å². The van der Waals surface area contributed by atoms with Crippen LogP contribution in [0.5, 0.6) is 0 Å². The van der Waals surface area contributed by atoms with Crippen molar-refractivity contribution in [2.45, 2.75) is 24.7 Å². The number of amides is 1. The number of amidine groups is 1. The highest BCUT2D eigenvalue weighted by molar-refractivity contribution is 6.00. The van der Waals surface area contributed by atoms with Gasteiger partial charge in [-0.05, 0) is 29.5 Å². The van der Waals surface area contributed by atoms with Crippen molar-refractivity contribution in [2.24, 2.45) is 10.7 Å². The number of carbonyl (C=O) groups is 1. The van der Waals surface area contributed by atoms with Crippen LogP contribution in [-0.4, -0.2) is 34.9 Å². The summed E-state index contributed by atoms with van der Waals surface area (Å²) in [6.45, 7) is 1.13. The first-order valence-electron chi connectivity index (χ1n) is 10.2. The van der Waals surface area contributed by atoms with E-state index < -0.39 is 5.41 Å². The molecular formula is C24H25N5O2. The van der Waals surface area contributed by atoms with Crippen LogP contribution in [0.25, 0.3) is 11.1 Å². The van der Waals surface area contributed by atoms with Crippen LogP contribution in [0.3, 0.4) is 0 Å². The number of aromatic nitrogens is 2. The van der Waals surface area contributed by atoms with Crippen LogP contribution in [-0.2, 0) is 21.4 Å². The Morgan fingerprint density at radius 2 is 1.61 bits per heavy atom. The Morgan fingerprint density at radius 1 is 0.968 bits per heavy atom. The maximum absolute atomic E-state index is 12.6. The molecular weight excluding hydrogens is 390 g/mol. The van der Waals surface area contributed by atoms with Gasteiger partial charge in [-0.2, -0.15) is 4.99 Å². The molecule has 0 bridgehead atoms. The van der Waals surface area contributed by atoms with Crippen LogP contribution in [0.4, 0.5) is 5.95 Å². The molecule has 1 fully saturated rings. The van der Waals surface area contributed by atoms with E-state index in [1.54, 1.807) is 12.4 Å². The predicted octanol–water partition coefficient (Wildman–Crippen LogP) is 2.90. The number of anilines is 1. The van der Waals surface area contributed by atoms with Gasteiger partial charge in [-0.15, -0.1) is 0 Å². The number of aliphatic imine (C=N–C) groups is 1. The van der Waals surface area contributed by atoms with E-state index in [2.05, 4.69) is 15.0 Å². The van der Waals surface area contributed by atoms with Gasteiger partial charge in [0.15, 0.2) is 0 Å². The number of nitrogens with zero attached hydrogens (tertiary/aromatic N) is 3. The third-order valence-electron chi connectivity index (χ3n) is 5.72. The lowest BCUT2D eigenvalue weighted by Crippen LogP contribution is -2.46. The molecule has 7 nitrogen and oxygen atoms in total. The van der Waals surface area contributed by atoms with Crippen molar-refractivity contribution in [2.75, 3.05) is 18.9 Å². The highest BCUT2D eigenvalue weighted by Gasteiger charge is 2.38. The van der Waals surface area contributed by atoms with E-state index in [1.165, 1.54) is 0 Å². The van der Waals surface area contributed by atoms with Crippen molar-refractivity contribution >= 4 is 17.7 Å². The summed E-state index contributed by atoms with van der Waals surface area (Å²) in [6, 6.07) is 17.6. The van der Waals surface area contributed by atoms with Crippen molar-refractivity contribution in [1.82, 2.24) is 9.97 Å². The molecule has 0 aliphatic carbocycles. The average molecular weight is 415 g/mol. The highest BCUT2D eigenvalue weighted by atomic mass is 16.5. The lowest BCUT2D eigenvalue weighted by molar-refractivity contribution is -0.117. The minimum absolute atomic E-state index is 0.226. The second kappa shape index (κ2) is 9.06. The molecule has 1 aliphatic heterocycles. The smallest absolute Gasteiger partial charge is 0.251 e. The summed E-state index contributed by atoms with van der Waals surface area (Å²) in [5.74, 6) is 0.344. The van der Waals surface area contributed by atoms with E-state index in [9.17, 15) is 4.79 Å². The molecule has 1 amide bonds. The molecule has 1 aliphatic rings. The molecule has 7 heteroatoms. The van der Waals surface area contributed by atoms with E-state index in [1.807, 2.05) is 54.6 Å². The summed E-state index contributed by atoms with van der Waals surface area (Å²) in [6.07, 6.45) is 4.96. The number of ether oxygens (including phenoxy) is 1. The Balaban J connectivity index is 1.61. The maximum Gasteiger partial charge on any atom is 0.251 e. The van der Waals surface area contributed by atoms with Crippen LogP contribution < -0.4 is 11.5 Å². The molecule has 158 valence electrons. The Labute approximate surface area is 181 Å². The molecule has 4 rings (SSSR count). The fraction of sp³-hybridized carbons (Fsp3) is 0.250. The SMILES string of the molecule is NC(=NC(=O)Cc1ccccc1)C1(c2ccc(-c3cnc(N)nc3)cc2)CCOCC1. The molecule has 0 saturated carbocycles. The molecule has 31 heavy (non-hydrogen) atoms. The molecule has 0 radical (unpaired) electrons. The van der Waals surface area contributed by atoms with Crippen molar-refractivity contribution < 1.29 is 9.53 Å². The average Bonchev–Trinajstić information content (AvgIpc) is 2.81. The fourth-order valence-corrected chi connectivity index (χ4v) is 3.93. The number of nitrogen functional groups attached to an aromatic ring is 1. The molecule has 1 aromatic heterocycles. The number of hydrogen-bond donors (Lipinski definition) is 2. The fourth-order valence-electron chi connectivity index (χ4n) is 3.93. The van der Waals surface area contributed by atoms with Gasteiger partial charge >= 0.3 is 0 Å². The number of rotatable bonds is 5. The normalized spacial score (nSPS) is 16.1. The minimum atomic E-state index is -0.527. The summed E-state index contributed by atoms with van der Waals surface area (Å²) in [7, 11) is 0. The molecule has 2 heterocycles. The molecule has 0 atom stereocenters. The zero-order chi connectivity index (χ0) is 21.7. The molecule has 0 spiro atoms. The third-order valence-corrected chi connectivity index (χ3v) is 5.72. The molecule has 1 saturated heterocycles. The summed E-state index contributed by atoms with van der Waals surface area (Å²) in [5.41, 5.74) is 15.3. The van der Waals surface area contributed by atoms with Gasteiger partial charge in [0.05, 0.1) is 11.8 Å². The Hall–Kier alpha value is -3.58. The van der Waals surface area contributed by atoms with E-state index in [4.69, 9.17) is 16.2 Å². The van der Waals surface area contributed by atoms with Crippen LogP contribution in [0.1, 0.15) is 24.0 Å². The first kappa shape index (κ1) is 20.7. The maximum atomic E-state index is 12.6. The molecule has 0 unspecified atom stereocenters. The lowest BCUT2D eigenvalue weighted by atomic mass is 9.73. The summed E-state index contributed by atoms with van der Waals surface area (Å²) in [4.78, 5) is 25.0. The van der Waals surface area contributed by atoms with E-state index >= 15 is 0 Å². The molecule has 3 aromatic rings.